The number of carbonyl (C=O) groups excluding carboxylic acids is 1. The number of carbonyl (C=O) groups is 1. The fourth-order valence-electron chi connectivity index (χ4n) is 2.45. The molecule has 3 atom stereocenters. The summed E-state index contributed by atoms with van der Waals surface area (Å²) in [6.45, 7) is 7.15. The lowest BCUT2D eigenvalue weighted by Gasteiger charge is -2.32. The van der Waals surface area contributed by atoms with Crippen LogP contribution in [0, 0.1) is 0 Å². The van der Waals surface area contributed by atoms with Gasteiger partial charge in [-0.25, -0.2) is 0 Å². The van der Waals surface area contributed by atoms with Gasteiger partial charge in [-0.2, -0.15) is 0 Å². The molecule has 1 aliphatic rings. The van der Waals surface area contributed by atoms with Crippen molar-refractivity contribution >= 4 is 5.91 Å². The van der Waals surface area contributed by atoms with Crippen LogP contribution in [0.4, 0.5) is 0 Å². The minimum absolute atomic E-state index is 0.0267. The average molecular weight is 227 g/mol. The second kappa shape index (κ2) is 5.64. The molecule has 0 bridgehead atoms. The van der Waals surface area contributed by atoms with E-state index in [1.165, 1.54) is 0 Å². The molecule has 1 saturated heterocycles. The summed E-state index contributed by atoms with van der Waals surface area (Å²) in [5.74, 6) is 0.243. The Kier molecular flexibility index (Phi) is 4.74. The lowest BCUT2D eigenvalue weighted by Crippen LogP contribution is -2.47. The first-order chi connectivity index (χ1) is 7.47. The fourth-order valence-corrected chi connectivity index (χ4v) is 2.45. The van der Waals surface area contributed by atoms with Crippen LogP contribution in [0.25, 0.3) is 0 Å². The summed E-state index contributed by atoms with van der Waals surface area (Å²) in [6.07, 6.45) is 2.36. The summed E-state index contributed by atoms with van der Waals surface area (Å²) < 4.78 is 0. The smallest absolute Gasteiger partial charge is 0.241 e. The van der Waals surface area contributed by atoms with Crippen LogP contribution < -0.4 is 5.32 Å². The Hall–Kier alpha value is -0.610. The van der Waals surface area contributed by atoms with Crippen LogP contribution in [0.3, 0.4) is 0 Å². The minimum atomic E-state index is -0.0267. The van der Waals surface area contributed by atoms with Crippen LogP contribution in [-0.2, 0) is 4.79 Å². The molecule has 1 aliphatic heterocycles. The van der Waals surface area contributed by atoms with Crippen molar-refractivity contribution in [1.29, 1.82) is 0 Å². The Labute approximate surface area is 99.0 Å². The lowest BCUT2D eigenvalue weighted by atomic mass is 10.2. The Morgan fingerprint density at radius 3 is 2.62 bits per heavy atom. The largest absolute Gasteiger partial charge is 0.322 e. The summed E-state index contributed by atoms with van der Waals surface area (Å²) in [4.78, 5) is 16.2. The number of amides is 1. The van der Waals surface area contributed by atoms with Crippen LogP contribution in [0.15, 0.2) is 0 Å². The van der Waals surface area contributed by atoms with E-state index in [1.54, 1.807) is 0 Å². The zero-order valence-corrected chi connectivity index (χ0v) is 11.2. The summed E-state index contributed by atoms with van der Waals surface area (Å²) in [7, 11) is 4.09. The Morgan fingerprint density at radius 2 is 2.12 bits per heavy atom. The third-order valence-corrected chi connectivity index (χ3v) is 3.07. The van der Waals surface area contributed by atoms with E-state index in [4.69, 9.17) is 0 Å². The molecule has 0 aromatic rings. The van der Waals surface area contributed by atoms with Gasteiger partial charge in [-0.05, 0) is 34.4 Å². The van der Waals surface area contributed by atoms with E-state index in [0.29, 0.717) is 0 Å². The SMILES string of the molecule is CCCC1NC(C)C(=O)N1C(C)CN(C)C. The van der Waals surface area contributed by atoms with E-state index in [1.807, 2.05) is 25.9 Å². The van der Waals surface area contributed by atoms with Gasteiger partial charge in [0, 0.05) is 12.6 Å². The standard InChI is InChI=1S/C12H25N3O/c1-6-7-11-13-10(3)12(16)15(11)9(2)8-14(4)5/h9-11,13H,6-8H2,1-5H3. The zero-order chi connectivity index (χ0) is 12.3. The zero-order valence-electron chi connectivity index (χ0n) is 11.2. The molecule has 1 heterocycles. The predicted octanol–water partition coefficient (Wildman–Crippen LogP) is 0.883. The van der Waals surface area contributed by atoms with Crippen molar-refractivity contribution in [3.63, 3.8) is 0 Å². The van der Waals surface area contributed by atoms with Crippen LogP contribution in [0.2, 0.25) is 0 Å². The lowest BCUT2D eigenvalue weighted by molar-refractivity contribution is -0.132. The highest BCUT2D eigenvalue weighted by Gasteiger charge is 2.38. The highest BCUT2D eigenvalue weighted by molar-refractivity contribution is 5.84. The van der Waals surface area contributed by atoms with Gasteiger partial charge in [0.2, 0.25) is 5.91 Å². The Balaban J connectivity index is 2.69. The minimum Gasteiger partial charge on any atom is -0.322 e. The topological polar surface area (TPSA) is 35.6 Å². The Bertz CT molecular complexity index is 242. The van der Waals surface area contributed by atoms with Gasteiger partial charge < -0.3 is 9.80 Å². The summed E-state index contributed by atoms with van der Waals surface area (Å²) in [6, 6.07) is 0.248. The number of nitrogens with zero attached hydrogens (tertiary/aromatic N) is 2. The maximum Gasteiger partial charge on any atom is 0.241 e. The van der Waals surface area contributed by atoms with Gasteiger partial charge in [-0.1, -0.05) is 13.3 Å². The maximum absolute atomic E-state index is 12.1. The fraction of sp³-hybridized carbons (Fsp3) is 0.917. The van der Waals surface area contributed by atoms with E-state index >= 15 is 0 Å². The highest BCUT2D eigenvalue weighted by atomic mass is 16.2. The molecule has 0 aliphatic carbocycles. The first-order valence-electron chi connectivity index (χ1n) is 6.20. The third kappa shape index (κ3) is 2.95. The van der Waals surface area contributed by atoms with E-state index in [2.05, 4.69) is 24.1 Å². The molecule has 0 radical (unpaired) electrons. The van der Waals surface area contributed by atoms with Crippen molar-refractivity contribution < 1.29 is 4.79 Å². The number of hydrogen-bond acceptors (Lipinski definition) is 3. The van der Waals surface area contributed by atoms with Gasteiger partial charge in [0.25, 0.3) is 0 Å². The molecule has 1 amide bonds. The molecule has 1 fully saturated rings. The molecule has 1 rings (SSSR count). The van der Waals surface area contributed by atoms with Crippen molar-refractivity contribution in [3.8, 4) is 0 Å². The van der Waals surface area contributed by atoms with Gasteiger partial charge in [-0.15, -0.1) is 0 Å². The molecule has 4 heteroatoms. The molecule has 4 nitrogen and oxygen atoms in total. The van der Waals surface area contributed by atoms with Crippen LogP contribution in [0.5, 0.6) is 0 Å². The third-order valence-electron chi connectivity index (χ3n) is 3.07. The quantitative estimate of drug-likeness (QED) is 0.757. The molecule has 1 N–H and O–H groups in total. The van der Waals surface area contributed by atoms with E-state index in [9.17, 15) is 4.79 Å². The second-order valence-electron chi connectivity index (χ2n) is 5.05. The number of hydrogen-bond donors (Lipinski definition) is 1. The van der Waals surface area contributed by atoms with Crippen LogP contribution in [0.1, 0.15) is 33.6 Å². The van der Waals surface area contributed by atoms with Crippen molar-refractivity contribution in [3.05, 3.63) is 0 Å². The number of likely N-dealkylation sites (N-methyl/N-ethyl adjacent to an activating group) is 1. The van der Waals surface area contributed by atoms with Crippen LogP contribution >= 0.6 is 0 Å². The van der Waals surface area contributed by atoms with Gasteiger partial charge in [0.05, 0.1) is 12.2 Å². The predicted molar refractivity (Wildman–Crippen MR) is 66.2 cm³/mol. The summed E-state index contributed by atoms with van der Waals surface area (Å²) >= 11 is 0. The Morgan fingerprint density at radius 1 is 1.50 bits per heavy atom. The van der Waals surface area contributed by atoms with Gasteiger partial charge >= 0.3 is 0 Å². The second-order valence-corrected chi connectivity index (χ2v) is 5.05. The molecule has 0 spiro atoms. The monoisotopic (exact) mass is 227 g/mol. The molecular weight excluding hydrogens is 202 g/mol. The summed E-state index contributed by atoms with van der Waals surface area (Å²) in [5, 5.41) is 3.37. The van der Waals surface area contributed by atoms with E-state index in [0.717, 1.165) is 19.4 Å². The van der Waals surface area contributed by atoms with E-state index in [-0.39, 0.29) is 24.2 Å². The average Bonchev–Trinajstić information content (AvgIpc) is 2.42. The molecule has 16 heavy (non-hydrogen) atoms. The van der Waals surface area contributed by atoms with Gasteiger partial charge in [-0.3, -0.25) is 10.1 Å². The first-order valence-corrected chi connectivity index (χ1v) is 6.20. The van der Waals surface area contributed by atoms with Gasteiger partial charge in [0.15, 0.2) is 0 Å². The van der Waals surface area contributed by atoms with Crippen molar-refractivity contribution in [2.24, 2.45) is 0 Å². The van der Waals surface area contributed by atoms with Crippen molar-refractivity contribution in [2.45, 2.75) is 51.9 Å². The van der Waals surface area contributed by atoms with Gasteiger partial charge in [0.1, 0.15) is 0 Å². The molecule has 3 unspecified atom stereocenters. The molecule has 0 saturated carbocycles. The van der Waals surface area contributed by atoms with Crippen LogP contribution in [-0.4, -0.2) is 54.6 Å². The molecule has 0 aromatic carbocycles. The number of rotatable bonds is 5. The number of nitrogens with one attached hydrogen (secondary N) is 1. The van der Waals surface area contributed by atoms with Crippen molar-refractivity contribution in [1.82, 2.24) is 15.1 Å². The molecule has 94 valence electrons. The normalized spacial score (nSPS) is 27.9. The van der Waals surface area contributed by atoms with Crippen molar-refractivity contribution in [2.75, 3.05) is 20.6 Å². The maximum atomic E-state index is 12.1. The highest BCUT2D eigenvalue weighted by Crippen LogP contribution is 2.18. The first kappa shape index (κ1) is 13.5. The summed E-state index contributed by atoms with van der Waals surface area (Å²) in [5.41, 5.74) is 0. The molecule has 0 aromatic heterocycles. The molecular formula is C12H25N3O. The van der Waals surface area contributed by atoms with E-state index < -0.39 is 0 Å².